The van der Waals surface area contributed by atoms with Crippen LogP contribution in [0.5, 0.6) is 5.75 Å². The predicted molar refractivity (Wildman–Crippen MR) is 83.0 cm³/mol. The van der Waals surface area contributed by atoms with Crippen LogP contribution >= 0.6 is 15.9 Å². The minimum absolute atomic E-state index is 0.362. The first-order chi connectivity index (χ1) is 9.70. The average Bonchev–Trinajstić information content (AvgIpc) is 3.07. The fraction of sp³-hybridized carbons (Fsp3) is 0.400. The third-order valence-electron chi connectivity index (χ3n) is 3.75. The zero-order chi connectivity index (χ0) is 14.1. The average molecular weight is 336 g/mol. The Bertz CT molecular complexity index is 618. The van der Waals surface area contributed by atoms with Crippen molar-refractivity contribution in [3.8, 4) is 17.0 Å². The lowest BCUT2D eigenvalue weighted by Crippen LogP contribution is -2.13. The van der Waals surface area contributed by atoms with Gasteiger partial charge in [-0.15, -0.1) is 0 Å². The first-order valence-corrected chi connectivity index (χ1v) is 7.62. The highest BCUT2D eigenvalue weighted by atomic mass is 79.9. The second-order valence-corrected chi connectivity index (χ2v) is 5.95. The second kappa shape index (κ2) is 5.58. The molecule has 5 heteroatoms. The summed E-state index contributed by atoms with van der Waals surface area (Å²) in [6.07, 6.45) is 2.35. The molecule has 2 heterocycles. The number of halogens is 1. The van der Waals surface area contributed by atoms with Crippen LogP contribution in [0.2, 0.25) is 0 Å². The zero-order valence-electron chi connectivity index (χ0n) is 11.7. The van der Waals surface area contributed by atoms with Gasteiger partial charge in [0.05, 0.1) is 23.3 Å². The van der Waals surface area contributed by atoms with Crippen molar-refractivity contribution < 1.29 is 4.74 Å². The molecule has 1 aromatic carbocycles. The van der Waals surface area contributed by atoms with E-state index in [4.69, 9.17) is 4.74 Å². The number of hydrogen-bond acceptors (Lipinski definition) is 3. The van der Waals surface area contributed by atoms with Crippen molar-refractivity contribution in [3.63, 3.8) is 0 Å². The number of aryl methyl sites for hydroxylation is 1. The molecule has 20 heavy (non-hydrogen) atoms. The third kappa shape index (κ3) is 2.36. The molecule has 0 spiro atoms. The number of aromatic nitrogens is 2. The molecule has 2 aromatic rings. The number of H-pyrrole nitrogens is 1. The highest BCUT2D eigenvalue weighted by Crippen LogP contribution is 2.38. The summed E-state index contributed by atoms with van der Waals surface area (Å²) in [4.78, 5) is 0. The van der Waals surface area contributed by atoms with Crippen LogP contribution in [-0.4, -0.2) is 23.9 Å². The number of nitrogens with one attached hydrogen (secondary N) is 2. The first-order valence-electron chi connectivity index (χ1n) is 6.83. The fourth-order valence-electron chi connectivity index (χ4n) is 2.69. The molecule has 1 fully saturated rings. The summed E-state index contributed by atoms with van der Waals surface area (Å²) in [5.74, 6) is 0.841. The van der Waals surface area contributed by atoms with Gasteiger partial charge in [0.25, 0.3) is 0 Å². The fourth-order valence-corrected chi connectivity index (χ4v) is 3.36. The number of methoxy groups -OCH3 is 1. The van der Waals surface area contributed by atoms with E-state index in [-0.39, 0.29) is 0 Å². The normalized spacial score (nSPS) is 18.4. The molecule has 2 N–H and O–H groups in total. The second-order valence-electron chi connectivity index (χ2n) is 5.15. The Hall–Kier alpha value is -1.33. The molecule has 1 atom stereocenters. The number of rotatable bonds is 3. The molecule has 0 radical (unpaired) electrons. The molecule has 1 aromatic heterocycles. The molecule has 3 rings (SSSR count). The molecule has 1 aliphatic heterocycles. The summed E-state index contributed by atoms with van der Waals surface area (Å²) in [5.41, 5.74) is 4.24. The van der Waals surface area contributed by atoms with Crippen LogP contribution < -0.4 is 10.1 Å². The van der Waals surface area contributed by atoms with Crippen LogP contribution in [0.1, 0.15) is 30.1 Å². The van der Waals surface area contributed by atoms with E-state index in [1.165, 1.54) is 12.0 Å². The van der Waals surface area contributed by atoms with Crippen LogP contribution in [0.25, 0.3) is 11.3 Å². The lowest BCUT2D eigenvalue weighted by Gasteiger charge is -2.09. The van der Waals surface area contributed by atoms with E-state index in [9.17, 15) is 0 Å². The molecule has 0 saturated carbocycles. The van der Waals surface area contributed by atoms with Gasteiger partial charge < -0.3 is 10.1 Å². The Morgan fingerprint density at radius 3 is 2.95 bits per heavy atom. The lowest BCUT2D eigenvalue weighted by atomic mass is 10.1. The van der Waals surface area contributed by atoms with E-state index < -0.39 is 0 Å². The smallest absolute Gasteiger partial charge is 0.128 e. The topological polar surface area (TPSA) is 49.9 Å². The largest absolute Gasteiger partial charge is 0.496 e. The van der Waals surface area contributed by atoms with Crippen molar-refractivity contribution in [2.45, 2.75) is 25.8 Å². The molecule has 1 saturated heterocycles. The summed E-state index contributed by atoms with van der Waals surface area (Å²) in [7, 11) is 1.69. The van der Waals surface area contributed by atoms with E-state index in [0.29, 0.717) is 6.04 Å². The molecule has 0 aliphatic carbocycles. The summed E-state index contributed by atoms with van der Waals surface area (Å²) < 4.78 is 6.48. The number of hydrogen-bond donors (Lipinski definition) is 2. The van der Waals surface area contributed by atoms with Gasteiger partial charge in [-0.05, 0) is 54.4 Å². The van der Waals surface area contributed by atoms with E-state index in [0.717, 1.165) is 40.1 Å². The molecule has 106 valence electrons. The Kier molecular flexibility index (Phi) is 3.81. The van der Waals surface area contributed by atoms with Crippen LogP contribution in [0.4, 0.5) is 0 Å². The van der Waals surface area contributed by atoms with E-state index in [1.807, 2.05) is 12.1 Å². The van der Waals surface area contributed by atoms with Gasteiger partial charge in [0.2, 0.25) is 0 Å². The van der Waals surface area contributed by atoms with Crippen LogP contribution in [0, 0.1) is 6.92 Å². The zero-order valence-corrected chi connectivity index (χ0v) is 13.3. The Morgan fingerprint density at radius 1 is 1.40 bits per heavy atom. The van der Waals surface area contributed by atoms with Crippen LogP contribution in [0.3, 0.4) is 0 Å². The maximum Gasteiger partial charge on any atom is 0.128 e. The molecule has 1 aliphatic rings. The number of ether oxygens (including phenoxy) is 1. The van der Waals surface area contributed by atoms with Gasteiger partial charge >= 0.3 is 0 Å². The minimum atomic E-state index is 0.362. The maximum absolute atomic E-state index is 5.45. The van der Waals surface area contributed by atoms with Gasteiger partial charge in [-0.1, -0.05) is 11.6 Å². The highest BCUT2D eigenvalue weighted by Gasteiger charge is 2.24. The summed E-state index contributed by atoms with van der Waals surface area (Å²) in [6, 6.07) is 6.49. The predicted octanol–water partition coefficient (Wildman–Crippen LogP) is 3.58. The lowest BCUT2D eigenvalue weighted by molar-refractivity contribution is 0.416. The Morgan fingerprint density at radius 2 is 2.25 bits per heavy atom. The SMILES string of the molecule is COc1ccc(C)cc1-c1n[nH]c(C2CCCN2)c1Br. The molecule has 1 unspecified atom stereocenters. The minimum Gasteiger partial charge on any atom is -0.496 e. The summed E-state index contributed by atoms with van der Waals surface area (Å²) in [6.45, 7) is 3.14. The van der Waals surface area contributed by atoms with Crippen molar-refractivity contribution in [3.05, 3.63) is 33.9 Å². The maximum atomic E-state index is 5.45. The van der Waals surface area contributed by atoms with Crippen LogP contribution in [0.15, 0.2) is 22.7 Å². The Balaban J connectivity index is 2.04. The monoisotopic (exact) mass is 335 g/mol. The standard InChI is InChI=1S/C15H18BrN3O/c1-9-5-6-12(20-2)10(8-9)14-13(16)15(19-18-14)11-4-3-7-17-11/h5-6,8,11,17H,3-4,7H2,1-2H3,(H,18,19). The van der Waals surface area contributed by atoms with Gasteiger partial charge in [0, 0.05) is 5.56 Å². The molecule has 4 nitrogen and oxygen atoms in total. The third-order valence-corrected chi connectivity index (χ3v) is 4.55. The van der Waals surface area contributed by atoms with Gasteiger partial charge in [-0.3, -0.25) is 5.10 Å². The number of benzene rings is 1. The van der Waals surface area contributed by atoms with Gasteiger partial charge in [-0.2, -0.15) is 5.10 Å². The van der Waals surface area contributed by atoms with Crippen molar-refractivity contribution in [2.75, 3.05) is 13.7 Å². The highest BCUT2D eigenvalue weighted by molar-refractivity contribution is 9.10. The molecule has 0 bridgehead atoms. The first kappa shape index (κ1) is 13.6. The molecule has 0 amide bonds. The molecular formula is C15H18BrN3O. The van der Waals surface area contributed by atoms with E-state index >= 15 is 0 Å². The van der Waals surface area contributed by atoms with E-state index in [1.54, 1.807) is 7.11 Å². The molecular weight excluding hydrogens is 318 g/mol. The number of aromatic amines is 1. The van der Waals surface area contributed by atoms with Crippen molar-refractivity contribution in [1.29, 1.82) is 0 Å². The van der Waals surface area contributed by atoms with Crippen LogP contribution in [-0.2, 0) is 0 Å². The van der Waals surface area contributed by atoms with Gasteiger partial charge in [0.1, 0.15) is 11.4 Å². The quantitative estimate of drug-likeness (QED) is 0.901. The van der Waals surface area contributed by atoms with E-state index in [2.05, 4.69) is 44.4 Å². The van der Waals surface area contributed by atoms with Gasteiger partial charge in [0.15, 0.2) is 0 Å². The van der Waals surface area contributed by atoms with Crippen molar-refractivity contribution in [1.82, 2.24) is 15.5 Å². The number of nitrogens with zero attached hydrogens (tertiary/aromatic N) is 1. The van der Waals surface area contributed by atoms with Crippen molar-refractivity contribution in [2.24, 2.45) is 0 Å². The summed E-state index contributed by atoms with van der Waals surface area (Å²) >= 11 is 3.70. The summed E-state index contributed by atoms with van der Waals surface area (Å²) in [5, 5.41) is 11.1. The Labute approximate surface area is 127 Å². The van der Waals surface area contributed by atoms with Gasteiger partial charge in [-0.25, -0.2) is 0 Å². The van der Waals surface area contributed by atoms with Crippen molar-refractivity contribution >= 4 is 15.9 Å².